The Morgan fingerprint density at radius 3 is 2.55 bits per heavy atom. The van der Waals surface area contributed by atoms with Gasteiger partial charge in [0, 0.05) is 31.2 Å². The molecule has 1 aliphatic heterocycles. The SMILES string of the molecule is C1CCOC1.CNC(c1ccc(F)cc1)c1nc(Nc2cc(C)[nH]n2)c2cccn2n1. The fraction of sp³-hybridized carbons (Fsp3) is 0.318. The number of rotatable bonds is 5. The molecule has 1 aromatic carbocycles. The van der Waals surface area contributed by atoms with E-state index in [0.717, 1.165) is 30.0 Å². The van der Waals surface area contributed by atoms with Gasteiger partial charge in [0.05, 0.1) is 6.04 Å². The van der Waals surface area contributed by atoms with E-state index >= 15 is 0 Å². The summed E-state index contributed by atoms with van der Waals surface area (Å²) in [6.45, 7) is 3.93. The van der Waals surface area contributed by atoms with Gasteiger partial charge in [0.25, 0.3) is 0 Å². The molecule has 0 bridgehead atoms. The highest BCUT2D eigenvalue weighted by Gasteiger charge is 2.18. The molecule has 3 N–H and O–H groups in total. The predicted molar refractivity (Wildman–Crippen MR) is 117 cm³/mol. The molecule has 1 fully saturated rings. The maximum atomic E-state index is 13.3. The second kappa shape index (κ2) is 9.67. The van der Waals surface area contributed by atoms with Crippen LogP contribution in [0, 0.1) is 12.7 Å². The van der Waals surface area contributed by atoms with Gasteiger partial charge in [0.15, 0.2) is 17.5 Å². The molecule has 1 aliphatic rings. The van der Waals surface area contributed by atoms with Crippen LogP contribution in [0.5, 0.6) is 0 Å². The largest absolute Gasteiger partial charge is 0.381 e. The zero-order valence-corrected chi connectivity index (χ0v) is 17.6. The minimum Gasteiger partial charge on any atom is -0.381 e. The number of benzene rings is 1. The first-order valence-electron chi connectivity index (χ1n) is 10.3. The highest BCUT2D eigenvalue weighted by atomic mass is 19.1. The molecule has 0 saturated carbocycles. The number of H-pyrrole nitrogens is 1. The molecule has 8 nitrogen and oxygen atoms in total. The maximum Gasteiger partial charge on any atom is 0.173 e. The molecule has 0 radical (unpaired) electrons. The van der Waals surface area contributed by atoms with Crippen molar-refractivity contribution >= 4 is 17.2 Å². The standard InChI is InChI=1S/C18H18FN7.C4H8O/c1-11-10-15(24-23-11)21-17-14-4-3-9-26(14)25-18(22-17)16(20-2)12-5-7-13(19)8-6-12;1-2-4-5-3-1/h3-10,16,20H,1-2H3,(H2,21,22,23,24,25);1-4H2. The maximum absolute atomic E-state index is 13.3. The lowest BCUT2D eigenvalue weighted by atomic mass is 10.1. The van der Waals surface area contributed by atoms with E-state index in [2.05, 4.69) is 25.9 Å². The molecule has 4 aromatic rings. The number of halogens is 1. The van der Waals surface area contributed by atoms with Crippen LogP contribution in [0.25, 0.3) is 5.52 Å². The predicted octanol–water partition coefficient (Wildman–Crippen LogP) is 3.75. The number of aryl methyl sites for hydroxylation is 1. The molecule has 4 heterocycles. The molecule has 9 heteroatoms. The lowest BCUT2D eigenvalue weighted by Gasteiger charge is -2.17. The first-order chi connectivity index (χ1) is 15.1. The van der Waals surface area contributed by atoms with Gasteiger partial charge in [-0.05, 0) is 56.6 Å². The van der Waals surface area contributed by atoms with Crippen molar-refractivity contribution in [1.82, 2.24) is 30.1 Å². The summed E-state index contributed by atoms with van der Waals surface area (Å²) in [7, 11) is 1.82. The fourth-order valence-corrected chi connectivity index (χ4v) is 3.38. The summed E-state index contributed by atoms with van der Waals surface area (Å²) in [5, 5.41) is 18.1. The molecule has 0 spiro atoms. The van der Waals surface area contributed by atoms with Crippen molar-refractivity contribution in [3.05, 3.63) is 71.6 Å². The normalized spacial score (nSPS) is 14.3. The molecule has 3 aromatic heterocycles. The van der Waals surface area contributed by atoms with E-state index in [4.69, 9.17) is 9.72 Å². The Morgan fingerprint density at radius 1 is 1.16 bits per heavy atom. The van der Waals surface area contributed by atoms with Gasteiger partial charge in [-0.25, -0.2) is 13.9 Å². The summed E-state index contributed by atoms with van der Waals surface area (Å²) in [5.74, 6) is 1.62. The van der Waals surface area contributed by atoms with Gasteiger partial charge in [-0.15, -0.1) is 0 Å². The summed E-state index contributed by atoms with van der Waals surface area (Å²) >= 11 is 0. The van der Waals surface area contributed by atoms with E-state index < -0.39 is 0 Å². The van der Waals surface area contributed by atoms with E-state index in [1.165, 1.54) is 25.0 Å². The van der Waals surface area contributed by atoms with Crippen LogP contribution >= 0.6 is 0 Å². The zero-order chi connectivity index (χ0) is 21.6. The lowest BCUT2D eigenvalue weighted by Crippen LogP contribution is -2.22. The Hall–Kier alpha value is -3.30. The lowest BCUT2D eigenvalue weighted by molar-refractivity contribution is 0.198. The Kier molecular flexibility index (Phi) is 6.54. The summed E-state index contributed by atoms with van der Waals surface area (Å²) in [4.78, 5) is 4.69. The molecule has 5 rings (SSSR count). The zero-order valence-electron chi connectivity index (χ0n) is 17.6. The third-order valence-corrected chi connectivity index (χ3v) is 4.94. The van der Waals surface area contributed by atoms with Crippen LogP contribution in [0.1, 0.15) is 36.0 Å². The average molecular weight is 423 g/mol. The Bertz CT molecular complexity index is 1110. The average Bonchev–Trinajstić information content (AvgIpc) is 3.54. The van der Waals surface area contributed by atoms with Gasteiger partial charge in [-0.2, -0.15) is 10.2 Å². The molecule has 1 saturated heterocycles. The van der Waals surface area contributed by atoms with Gasteiger partial charge in [0.1, 0.15) is 11.3 Å². The van der Waals surface area contributed by atoms with Gasteiger partial charge in [0.2, 0.25) is 0 Å². The third-order valence-electron chi connectivity index (χ3n) is 4.94. The minimum atomic E-state index is -0.276. The number of ether oxygens (including phenoxy) is 1. The van der Waals surface area contributed by atoms with Crippen molar-refractivity contribution in [1.29, 1.82) is 0 Å². The van der Waals surface area contributed by atoms with E-state index in [9.17, 15) is 4.39 Å². The number of aromatic nitrogens is 5. The van der Waals surface area contributed by atoms with Gasteiger partial charge >= 0.3 is 0 Å². The Balaban J connectivity index is 0.000000407. The summed E-state index contributed by atoms with van der Waals surface area (Å²) in [6, 6.07) is 11.8. The van der Waals surface area contributed by atoms with Crippen molar-refractivity contribution in [2.24, 2.45) is 0 Å². The van der Waals surface area contributed by atoms with Crippen molar-refractivity contribution < 1.29 is 9.13 Å². The minimum absolute atomic E-state index is 0.274. The highest BCUT2D eigenvalue weighted by molar-refractivity contribution is 5.72. The number of nitrogens with zero attached hydrogens (tertiary/aromatic N) is 4. The van der Waals surface area contributed by atoms with Crippen molar-refractivity contribution in [3.63, 3.8) is 0 Å². The molecular formula is C22H26FN7O. The summed E-state index contributed by atoms with van der Waals surface area (Å²) in [6.07, 6.45) is 4.42. The van der Waals surface area contributed by atoms with Crippen molar-refractivity contribution in [2.75, 3.05) is 25.6 Å². The molecule has 162 valence electrons. The van der Waals surface area contributed by atoms with Crippen molar-refractivity contribution in [3.8, 4) is 0 Å². The van der Waals surface area contributed by atoms with Gasteiger partial charge in [-0.1, -0.05) is 12.1 Å². The molecule has 1 unspecified atom stereocenters. The van der Waals surface area contributed by atoms with Crippen molar-refractivity contribution in [2.45, 2.75) is 25.8 Å². The quantitative estimate of drug-likeness (QED) is 0.453. The van der Waals surface area contributed by atoms with E-state index in [1.54, 1.807) is 16.6 Å². The van der Waals surface area contributed by atoms with Gasteiger partial charge in [-0.3, -0.25) is 5.10 Å². The number of hydrogen-bond acceptors (Lipinski definition) is 6. The summed E-state index contributed by atoms with van der Waals surface area (Å²) in [5.41, 5.74) is 2.66. The van der Waals surface area contributed by atoms with Crippen LogP contribution in [0.15, 0.2) is 48.7 Å². The Labute approximate surface area is 179 Å². The first kappa shape index (κ1) is 21.0. The van der Waals surface area contributed by atoms with Crippen LogP contribution in [0.3, 0.4) is 0 Å². The molecule has 1 atom stereocenters. The van der Waals surface area contributed by atoms with Crippen LogP contribution in [-0.4, -0.2) is 45.1 Å². The second-order valence-electron chi connectivity index (χ2n) is 7.31. The monoisotopic (exact) mass is 423 g/mol. The first-order valence-corrected chi connectivity index (χ1v) is 10.3. The van der Waals surface area contributed by atoms with Crippen LogP contribution < -0.4 is 10.6 Å². The smallest absolute Gasteiger partial charge is 0.173 e. The molecular weight excluding hydrogens is 397 g/mol. The number of hydrogen-bond donors (Lipinski definition) is 3. The van der Waals surface area contributed by atoms with Gasteiger partial charge < -0.3 is 15.4 Å². The summed E-state index contributed by atoms with van der Waals surface area (Å²) < 4.78 is 20.0. The topological polar surface area (TPSA) is 92.2 Å². The fourth-order valence-electron chi connectivity index (χ4n) is 3.38. The van der Waals surface area contributed by atoms with E-state index in [1.807, 2.05) is 38.4 Å². The molecule has 31 heavy (non-hydrogen) atoms. The molecule has 0 amide bonds. The number of fused-ring (bicyclic) bond motifs is 1. The third kappa shape index (κ3) is 5.07. The second-order valence-corrected chi connectivity index (χ2v) is 7.31. The van der Waals surface area contributed by atoms with Crippen LogP contribution in [-0.2, 0) is 4.74 Å². The Morgan fingerprint density at radius 2 is 1.94 bits per heavy atom. The number of anilines is 2. The van der Waals surface area contributed by atoms with E-state index in [-0.39, 0.29) is 11.9 Å². The highest BCUT2D eigenvalue weighted by Crippen LogP contribution is 2.24. The number of nitrogens with one attached hydrogen (secondary N) is 3. The van der Waals surface area contributed by atoms with Crippen LogP contribution in [0.4, 0.5) is 16.0 Å². The van der Waals surface area contributed by atoms with E-state index in [0.29, 0.717) is 17.5 Å². The molecule has 0 aliphatic carbocycles. The number of aromatic amines is 1. The van der Waals surface area contributed by atoms with Crippen LogP contribution in [0.2, 0.25) is 0 Å².